The van der Waals surface area contributed by atoms with Crippen LogP contribution in [0.3, 0.4) is 0 Å². The first-order valence-corrected chi connectivity index (χ1v) is 10.4. The number of nitrogens with zero attached hydrogens (tertiary/aromatic N) is 2. The number of likely N-dealkylation sites (N-methyl/N-ethyl adjacent to an activating group) is 1. The van der Waals surface area contributed by atoms with E-state index in [1.54, 1.807) is 0 Å². The molecule has 0 aliphatic carbocycles. The first kappa shape index (κ1) is 16.8. The molecule has 4 aromatic rings. The Kier molecular flexibility index (Phi) is 3.96. The Morgan fingerprint density at radius 1 is 0.963 bits per heavy atom. The molecule has 0 saturated heterocycles. The Morgan fingerprint density at radius 2 is 1.81 bits per heavy atom. The SMILES string of the molecule is Cc1ccc2c(c1)c1c(n2-c2ccccc2-c2ccc(C)s2)CCN(C)C1. The van der Waals surface area contributed by atoms with Gasteiger partial charge in [0, 0.05) is 45.9 Å². The lowest BCUT2D eigenvalue weighted by Crippen LogP contribution is -2.27. The maximum atomic E-state index is 2.53. The molecule has 0 fully saturated rings. The van der Waals surface area contributed by atoms with Crippen molar-refractivity contribution in [3.63, 3.8) is 0 Å². The minimum atomic E-state index is 1.03. The second-order valence-electron chi connectivity index (χ2n) is 7.70. The van der Waals surface area contributed by atoms with E-state index in [0.29, 0.717) is 0 Å². The summed E-state index contributed by atoms with van der Waals surface area (Å²) in [5.41, 5.74) is 8.28. The van der Waals surface area contributed by atoms with Crippen LogP contribution in [0.1, 0.15) is 21.7 Å². The van der Waals surface area contributed by atoms with Crippen molar-refractivity contribution in [2.45, 2.75) is 26.8 Å². The van der Waals surface area contributed by atoms with Gasteiger partial charge in [-0.1, -0.05) is 29.8 Å². The van der Waals surface area contributed by atoms with Crippen LogP contribution in [-0.4, -0.2) is 23.1 Å². The van der Waals surface area contributed by atoms with Crippen molar-refractivity contribution in [1.82, 2.24) is 9.47 Å². The van der Waals surface area contributed by atoms with E-state index in [1.807, 2.05) is 11.3 Å². The molecule has 5 rings (SSSR count). The lowest BCUT2D eigenvalue weighted by molar-refractivity contribution is 0.311. The van der Waals surface area contributed by atoms with E-state index < -0.39 is 0 Å². The van der Waals surface area contributed by atoms with Gasteiger partial charge in [-0.3, -0.25) is 0 Å². The van der Waals surface area contributed by atoms with Crippen molar-refractivity contribution in [2.75, 3.05) is 13.6 Å². The lowest BCUT2D eigenvalue weighted by atomic mass is 10.0. The first-order chi connectivity index (χ1) is 13.1. The van der Waals surface area contributed by atoms with E-state index in [4.69, 9.17) is 0 Å². The van der Waals surface area contributed by atoms with E-state index in [-0.39, 0.29) is 0 Å². The fourth-order valence-corrected chi connectivity index (χ4v) is 5.24. The predicted octanol–water partition coefficient (Wildman–Crippen LogP) is 5.96. The van der Waals surface area contributed by atoms with Gasteiger partial charge in [-0.15, -0.1) is 11.3 Å². The molecule has 2 nitrogen and oxygen atoms in total. The fourth-order valence-electron chi connectivity index (χ4n) is 4.34. The third-order valence-corrected chi connectivity index (χ3v) is 6.68. The quantitative estimate of drug-likeness (QED) is 0.421. The zero-order valence-electron chi connectivity index (χ0n) is 16.1. The summed E-state index contributed by atoms with van der Waals surface area (Å²) in [6, 6.07) is 20.3. The van der Waals surface area contributed by atoms with Gasteiger partial charge in [0.1, 0.15) is 0 Å². The Bertz CT molecular complexity index is 1150. The molecule has 136 valence electrons. The summed E-state index contributed by atoms with van der Waals surface area (Å²) in [7, 11) is 2.23. The molecule has 0 spiro atoms. The summed E-state index contributed by atoms with van der Waals surface area (Å²) >= 11 is 1.88. The number of para-hydroxylation sites is 1. The molecule has 0 unspecified atom stereocenters. The second kappa shape index (κ2) is 6.36. The molecule has 1 aliphatic heterocycles. The van der Waals surface area contributed by atoms with E-state index in [1.165, 1.54) is 48.7 Å². The van der Waals surface area contributed by atoms with Crippen LogP contribution < -0.4 is 0 Å². The van der Waals surface area contributed by atoms with Gasteiger partial charge in [-0.2, -0.15) is 0 Å². The number of rotatable bonds is 2. The number of aromatic nitrogens is 1. The van der Waals surface area contributed by atoms with Crippen LogP contribution in [0.25, 0.3) is 27.0 Å². The first-order valence-electron chi connectivity index (χ1n) is 9.59. The highest BCUT2D eigenvalue weighted by Gasteiger charge is 2.24. The smallest absolute Gasteiger partial charge is 0.0545 e. The van der Waals surface area contributed by atoms with Crippen LogP contribution in [0, 0.1) is 13.8 Å². The lowest BCUT2D eigenvalue weighted by Gasteiger charge is -2.24. The van der Waals surface area contributed by atoms with Crippen LogP contribution in [-0.2, 0) is 13.0 Å². The van der Waals surface area contributed by atoms with Gasteiger partial charge >= 0.3 is 0 Å². The van der Waals surface area contributed by atoms with Crippen LogP contribution >= 0.6 is 11.3 Å². The zero-order chi connectivity index (χ0) is 18.5. The third kappa shape index (κ3) is 2.73. The fraction of sp³-hybridized carbons (Fsp3) is 0.250. The summed E-state index contributed by atoms with van der Waals surface area (Å²) in [5, 5.41) is 1.41. The molecule has 0 N–H and O–H groups in total. The Labute approximate surface area is 164 Å². The summed E-state index contributed by atoms with van der Waals surface area (Å²) in [6.45, 7) is 6.52. The van der Waals surface area contributed by atoms with Crippen LogP contribution in [0.15, 0.2) is 54.6 Å². The van der Waals surface area contributed by atoms with E-state index in [0.717, 1.165) is 19.5 Å². The molecule has 3 heterocycles. The third-order valence-electron chi connectivity index (χ3n) is 5.65. The minimum absolute atomic E-state index is 1.03. The topological polar surface area (TPSA) is 8.17 Å². The average molecular weight is 373 g/mol. The number of aryl methyl sites for hydroxylation is 2. The van der Waals surface area contributed by atoms with Gasteiger partial charge in [0.15, 0.2) is 0 Å². The van der Waals surface area contributed by atoms with Crippen LogP contribution in [0.4, 0.5) is 0 Å². The predicted molar refractivity (Wildman–Crippen MR) is 116 cm³/mol. The summed E-state index contributed by atoms with van der Waals surface area (Å²) in [5.74, 6) is 0. The number of hydrogen-bond donors (Lipinski definition) is 0. The van der Waals surface area contributed by atoms with Gasteiger partial charge < -0.3 is 9.47 Å². The molecule has 2 aromatic carbocycles. The number of thiophene rings is 1. The van der Waals surface area contributed by atoms with E-state index in [2.05, 4.69) is 85.0 Å². The molecule has 0 radical (unpaired) electrons. The number of fused-ring (bicyclic) bond motifs is 3. The summed E-state index contributed by atoms with van der Waals surface area (Å²) in [4.78, 5) is 5.14. The molecule has 0 saturated carbocycles. The standard InChI is InChI=1S/C24H24N2S/c1-16-8-10-22-19(14-16)20-15-25(3)13-12-23(20)26(22)21-7-5-4-6-18(21)24-11-9-17(2)27-24/h4-11,14H,12-13,15H2,1-3H3. The highest BCUT2D eigenvalue weighted by Crippen LogP contribution is 2.38. The molecule has 0 amide bonds. The molecular formula is C24H24N2S. The Hall–Kier alpha value is -2.36. The van der Waals surface area contributed by atoms with Crippen LogP contribution in [0.2, 0.25) is 0 Å². The van der Waals surface area contributed by atoms with Gasteiger partial charge in [0.05, 0.1) is 11.2 Å². The average Bonchev–Trinajstić information content (AvgIpc) is 3.23. The van der Waals surface area contributed by atoms with Crippen molar-refractivity contribution in [3.05, 3.63) is 76.3 Å². The van der Waals surface area contributed by atoms with Gasteiger partial charge in [-0.25, -0.2) is 0 Å². The minimum Gasteiger partial charge on any atom is -0.313 e. The maximum Gasteiger partial charge on any atom is 0.0545 e. The maximum absolute atomic E-state index is 2.53. The van der Waals surface area contributed by atoms with E-state index in [9.17, 15) is 0 Å². The van der Waals surface area contributed by atoms with Gasteiger partial charge in [0.2, 0.25) is 0 Å². The van der Waals surface area contributed by atoms with Gasteiger partial charge in [0.25, 0.3) is 0 Å². The summed E-state index contributed by atoms with van der Waals surface area (Å²) < 4.78 is 2.53. The van der Waals surface area contributed by atoms with Crippen molar-refractivity contribution in [1.29, 1.82) is 0 Å². The number of benzene rings is 2. The molecule has 0 atom stereocenters. The largest absolute Gasteiger partial charge is 0.313 e. The van der Waals surface area contributed by atoms with Crippen LogP contribution in [0.5, 0.6) is 0 Å². The van der Waals surface area contributed by atoms with Crippen molar-refractivity contribution < 1.29 is 0 Å². The molecule has 1 aliphatic rings. The van der Waals surface area contributed by atoms with Crippen molar-refractivity contribution in [2.24, 2.45) is 0 Å². The van der Waals surface area contributed by atoms with Crippen molar-refractivity contribution in [3.8, 4) is 16.1 Å². The molecular weight excluding hydrogens is 348 g/mol. The summed E-state index contributed by atoms with van der Waals surface area (Å²) in [6.07, 6.45) is 1.09. The number of hydrogen-bond acceptors (Lipinski definition) is 2. The Morgan fingerprint density at radius 3 is 2.63 bits per heavy atom. The molecule has 27 heavy (non-hydrogen) atoms. The zero-order valence-corrected chi connectivity index (χ0v) is 16.9. The molecule has 2 aromatic heterocycles. The van der Waals surface area contributed by atoms with Crippen molar-refractivity contribution >= 4 is 22.2 Å². The van der Waals surface area contributed by atoms with E-state index >= 15 is 0 Å². The monoisotopic (exact) mass is 372 g/mol. The Balaban J connectivity index is 1.83. The molecule has 3 heteroatoms. The highest BCUT2D eigenvalue weighted by molar-refractivity contribution is 7.15. The molecule has 0 bridgehead atoms. The normalized spacial score (nSPS) is 14.6. The highest BCUT2D eigenvalue weighted by atomic mass is 32.1. The second-order valence-corrected chi connectivity index (χ2v) is 8.98. The van der Waals surface area contributed by atoms with Gasteiger partial charge in [-0.05, 0) is 56.8 Å².